The van der Waals surface area contributed by atoms with Crippen LogP contribution in [0.4, 0.5) is 5.69 Å². The minimum atomic E-state index is -0.124. The van der Waals surface area contributed by atoms with Gasteiger partial charge in [-0.3, -0.25) is 9.59 Å². The highest BCUT2D eigenvalue weighted by atomic mass is 16.2. The molecule has 0 saturated carbocycles. The van der Waals surface area contributed by atoms with Gasteiger partial charge in [0.05, 0.1) is 11.0 Å². The Bertz CT molecular complexity index is 1050. The van der Waals surface area contributed by atoms with Crippen LogP contribution in [0.3, 0.4) is 0 Å². The summed E-state index contributed by atoms with van der Waals surface area (Å²) >= 11 is 0. The van der Waals surface area contributed by atoms with E-state index in [4.69, 9.17) is 4.98 Å². The molecule has 1 saturated heterocycles. The quantitative estimate of drug-likeness (QED) is 0.743. The molecule has 1 aliphatic heterocycles. The third-order valence-corrected chi connectivity index (χ3v) is 5.40. The van der Waals surface area contributed by atoms with Crippen molar-refractivity contribution < 1.29 is 9.59 Å². The average molecular weight is 376 g/mol. The van der Waals surface area contributed by atoms with Crippen LogP contribution in [0.2, 0.25) is 0 Å². The third kappa shape index (κ3) is 3.50. The second-order valence-electron chi connectivity index (χ2n) is 7.29. The van der Waals surface area contributed by atoms with Gasteiger partial charge < -0.3 is 14.8 Å². The van der Waals surface area contributed by atoms with Crippen LogP contribution in [-0.4, -0.2) is 39.4 Å². The number of carbonyl (C=O) groups excluding carboxylic acids is 2. The van der Waals surface area contributed by atoms with E-state index in [1.807, 2.05) is 61.3 Å². The van der Waals surface area contributed by atoms with E-state index >= 15 is 0 Å². The van der Waals surface area contributed by atoms with Crippen LogP contribution in [0.15, 0.2) is 42.5 Å². The SMILES string of the molecule is Cc1ccccc1C(=O)Nc1ccc2c(c1)nc(CCN1CCCC1=O)n2C. The van der Waals surface area contributed by atoms with E-state index in [0.717, 1.165) is 47.5 Å². The largest absolute Gasteiger partial charge is 0.342 e. The first-order valence-corrected chi connectivity index (χ1v) is 9.63. The molecule has 1 N–H and O–H groups in total. The van der Waals surface area contributed by atoms with E-state index in [1.165, 1.54) is 0 Å². The summed E-state index contributed by atoms with van der Waals surface area (Å²) in [5, 5.41) is 2.96. The van der Waals surface area contributed by atoms with Gasteiger partial charge in [-0.1, -0.05) is 18.2 Å². The van der Waals surface area contributed by atoms with Gasteiger partial charge in [-0.25, -0.2) is 4.98 Å². The van der Waals surface area contributed by atoms with Crippen molar-refractivity contribution in [2.75, 3.05) is 18.4 Å². The highest BCUT2D eigenvalue weighted by molar-refractivity contribution is 6.05. The molecule has 0 spiro atoms. The van der Waals surface area contributed by atoms with Gasteiger partial charge in [-0.2, -0.15) is 0 Å². The lowest BCUT2D eigenvalue weighted by Gasteiger charge is -2.14. The molecule has 28 heavy (non-hydrogen) atoms. The van der Waals surface area contributed by atoms with Crippen LogP contribution < -0.4 is 5.32 Å². The molecule has 1 fully saturated rings. The topological polar surface area (TPSA) is 67.2 Å². The van der Waals surface area contributed by atoms with Gasteiger partial charge in [-0.05, 0) is 43.2 Å². The molecule has 6 heteroatoms. The molecule has 3 aromatic rings. The molecule has 144 valence electrons. The van der Waals surface area contributed by atoms with Gasteiger partial charge >= 0.3 is 0 Å². The molecule has 2 amide bonds. The molecule has 1 aromatic heterocycles. The van der Waals surface area contributed by atoms with E-state index in [0.29, 0.717) is 18.5 Å². The lowest BCUT2D eigenvalue weighted by molar-refractivity contribution is -0.127. The number of fused-ring (bicyclic) bond motifs is 1. The summed E-state index contributed by atoms with van der Waals surface area (Å²) in [6, 6.07) is 13.3. The van der Waals surface area contributed by atoms with E-state index < -0.39 is 0 Å². The summed E-state index contributed by atoms with van der Waals surface area (Å²) in [7, 11) is 1.99. The number of benzene rings is 2. The molecule has 6 nitrogen and oxygen atoms in total. The minimum absolute atomic E-state index is 0.124. The van der Waals surface area contributed by atoms with Crippen molar-refractivity contribution in [1.82, 2.24) is 14.5 Å². The Labute approximate surface area is 164 Å². The fourth-order valence-electron chi connectivity index (χ4n) is 3.75. The molecule has 0 atom stereocenters. The maximum atomic E-state index is 12.5. The zero-order valence-electron chi connectivity index (χ0n) is 16.2. The van der Waals surface area contributed by atoms with Gasteiger partial charge in [0.2, 0.25) is 5.91 Å². The number of hydrogen-bond acceptors (Lipinski definition) is 3. The minimum Gasteiger partial charge on any atom is -0.342 e. The summed E-state index contributed by atoms with van der Waals surface area (Å²) in [6.07, 6.45) is 2.33. The number of nitrogens with one attached hydrogen (secondary N) is 1. The van der Waals surface area contributed by atoms with Crippen LogP contribution >= 0.6 is 0 Å². The van der Waals surface area contributed by atoms with Crippen LogP contribution in [0.25, 0.3) is 11.0 Å². The fraction of sp³-hybridized carbons (Fsp3) is 0.318. The molecule has 0 bridgehead atoms. The maximum Gasteiger partial charge on any atom is 0.255 e. The number of nitrogens with zero attached hydrogens (tertiary/aromatic N) is 3. The normalized spacial score (nSPS) is 14.1. The molecule has 0 unspecified atom stereocenters. The van der Waals surface area contributed by atoms with Crippen LogP contribution in [0, 0.1) is 6.92 Å². The average Bonchev–Trinajstić information content (AvgIpc) is 3.23. The van der Waals surface area contributed by atoms with Crippen LogP contribution in [0.1, 0.15) is 34.6 Å². The molecule has 0 radical (unpaired) electrons. The lowest BCUT2D eigenvalue weighted by atomic mass is 10.1. The molecular weight excluding hydrogens is 352 g/mol. The number of likely N-dealkylation sites (tertiary alicyclic amines) is 1. The Morgan fingerprint density at radius 2 is 2.04 bits per heavy atom. The predicted octanol–water partition coefficient (Wildman–Crippen LogP) is 3.30. The summed E-state index contributed by atoms with van der Waals surface area (Å²) in [5.41, 5.74) is 4.18. The first-order chi connectivity index (χ1) is 13.5. The number of aryl methyl sites for hydroxylation is 2. The number of hydrogen-bond donors (Lipinski definition) is 1. The Balaban J connectivity index is 1.52. The summed E-state index contributed by atoms with van der Waals surface area (Å²) in [6.45, 7) is 3.47. The summed E-state index contributed by atoms with van der Waals surface area (Å²) in [4.78, 5) is 31.0. The van der Waals surface area contributed by atoms with E-state index in [2.05, 4.69) is 9.88 Å². The van der Waals surface area contributed by atoms with Gasteiger partial charge in [-0.15, -0.1) is 0 Å². The van der Waals surface area contributed by atoms with Crippen LogP contribution in [-0.2, 0) is 18.3 Å². The molecule has 4 rings (SSSR count). The Kier molecular flexibility index (Phi) is 4.86. The third-order valence-electron chi connectivity index (χ3n) is 5.40. The first kappa shape index (κ1) is 18.2. The van der Waals surface area contributed by atoms with E-state index in [1.54, 1.807) is 0 Å². The fourth-order valence-corrected chi connectivity index (χ4v) is 3.75. The van der Waals surface area contributed by atoms with Crippen molar-refractivity contribution in [3.05, 3.63) is 59.4 Å². The number of imidazole rings is 1. The van der Waals surface area contributed by atoms with Crippen molar-refractivity contribution in [2.24, 2.45) is 7.05 Å². The number of carbonyl (C=O) groups is 2. The van der Waals surface area contributed by atoms with Gasteiger partial charge in [0.25, 0.3) is 5.91 Å². The first-order valence-electron chi connectivity index (χ1n) is 9.63. The smallest absolute Gasteiger partial charge is 0.255 e. The van der Waals surface area contributed by atoms with Crippen molar-refractivity contribution in [3.63, 3.8) is 0 Å². The van der Waals surface area contributed by atoms with Crippen molar-refractivity contribution in [2.45, 2.75) is 26.2 Å². The van der Waals surface area contributed by atoms with Gasteiger partial charge in [0.1, 0.15) is 5.82 Å². The van der Waals surface area contributed by atoms with E-state index in [9.17, 15) is 9.59 Å². The monoisotopic (exact) mass is 376 g/mol. The zero-order valence-corrected chi connectivity index (χ0v) is 16.2. The second kappa shape index (κ2) is 7.46. The molecule has 2 aromatic carbocycles. The second-order valence-corrected chi connectivity index (χ2v) is 7.29. The number of amides is 2. The molecule has 0 aliphatic carbocycles. The summed E-state index contributed by atoms with van der Waals surface area (Å²) in [5.74, 6) is 1.05. The van der Waals surface area contributed by atoms with Gasteiger partial charge in [0, 0.05) is 44.2 Å². The molecule has 2 heterocycles. The Hall–Kier alpha value is -3.15. The number of anilines is 1. The highest BCUT2D eigenvalue weighted by Crippen LogP contribution is 2.21. The lowest BCUT2D eigenvalue weighted by Crippen LogP contribution is -2.27. The molecule has 1 aliphatic rings. The van der Waals surface area contributed by atoms with E-state index in [-0.39, 0.29) is 11.8 Å². The predicted molar refractivity (Wildman–Crippen MR) is 109 cm³/mol. The number of aromatic nitrogens is 2. The number of rotatable bonds is 5. The molecular formula is C22H24N4O2. The zero-order chi connectivity index (χ0) is 19.7. The van der Waals surface area contributed by atoms with Crippen molar-refractivity contribution >= 4 is 28.5 Å². The van der Waals surface area contributed by atoms with Crippen molar-refractivity contribution in [3.8, 4) is 0 Å². The maximum absolute atomic E-state index is 12.5. The van der Waals surface area contributed by atoms with Crippen molar-refractivity contribution in [1.29, 1.82) is 0 Å². The highest BCUT2D eigenvalue weighted by Gasteiger charge is 2.20. The summed E-state index contributed by atoms with van der Waals surface area (Å²) < 4.78 is 2.06. The standard InChI is InChI=1S/C22H24N4O2/c1-15-6-3-4-7-17(15)22(28)23-16-9-10-19-18(14-16)24-20(25(19)2)11-13-26-12-5-8-21(26)27/h3-4,6-7,9-10,14H,5,8,11-13H2,1-2H3,(H,23,28). The Morgan fingerprint density at radius 3 is 2.79 bits per heavy atom. The van der Waals surface area contributed by atoms with Crippen LogP contribution in [0.5, 0.6) is 0 Å². The van der Waals surface area contributed by atoms with Gasteiger partial charge in [0.15, 0.2) is 0 Å². The Morgan fingerprint density at radius 1 is 1.21 bits per heavy atom.